The third kappa shape index (κ3) is 2.41. The van der Waals surface area contributed by atoms with Gasteiger partial charge in [-0.15, -0.1) is 0 Å². The van der Waals surface area contributed by atoms with E-state index in [1.807, 2.05) is 25.1 Å². The van der Waals surface area contributed by atoms with E-state index in [1.165, 1.54) is 0 Å². The second-order valence-electron chi connectivity index (χ2n) is 4.70. The third-order valence-corrected chi connectivity index (χ3v) is 2.71. The Labute approximate surface area is 97.1 Å². The fourth-order valence-electron chi connectivity index (χ4n) is 2.09. The van der Waals surface area contributed by atoms with Crippen molar-refractivity contribution in [1.29, 1.82) is 10.5 Å². The summed E-state index contributed by atoms with van der Waals surface area (Å²) >= 11 is 0. The summed E-state index contributed by atoms with van der Waals surface area (Å²) < 4.78 is 0. The van der Waals surface area contributed by atoms with Crippen LogP contribution in [0.3, 0.4) is 0 Å². The Balaban J connectivity index is 3.25. The molecule has 2 heteroatoms. The van der Waals surface area contributed by atoms with Gasteiger partial charge in [-0.1, -0.05) is 32.0 Å². The zero-order valence-electron chi connectivity index (χ0n) is 9.99. The molecule has 82 valence electrons. The largest absolute Gasteiger partial charge is 0.197 e. The fourth-order valence-corrected chi connectivity index (χ4v) is 2.09. The highest BCUT2D eigenvalue weighted by molar-refractivity contribution is 5.45. The van der Waals surface area contributed by atoms with Crippen molar-refractivity contribution < 1.29 is 0 Å². The molecule has 1 atom stereocenters. The van der Waals surface area contributed by atoms with Crippen molar-refractivity contribution in [3.63, 3.8) is 0 Å². The van der Waals surface area contributed by atoms with Crippen LogP contribution in [0.2, 0.25) is 0 Å². The van der Waals surface area contributed by atoms with Crippen LogP contribution in [0.4, 0.5) is 0 Å². The highest BCUT2D eigenvalue weighted by Gasteiger charge is 2.29. The van der Waals surface area contributed by atoms with Gasteiger partial charge in [0.2, 0.25) is 0 Å². The molecule has 16 heavy (non-hydrogen) atoms. The molecule has 0 unspecified atom stereocenters. The first kappa shape index (κ1) is 12.3. The van der Waals surface area contributed by atoms with Crippen LogP contribution in [-0.2, 0) is 5.41 Å². The van der Waals surface area contributed by atoms with Crippen molar-refractivity contribution in [3.05, 3.63) is 35.4 Å². The average molecular weight is 212 g/mol. The van der Waals surface area contributed by atoms with Crippen LogP contribution < -0.4 is 0 Å². The molecule has 0 saturated heterocycles. The van der Waals surface area contributed by atoms with Gasteiger partial charge in [-0.25, -0.2) is 0 Å². The maximum atomic E-state index is 9.35. The lowest BCUT2D eigenvalue weighted by Gasteiger charge is -2.25. The van der Waals surface area contributed by atoms with E-state index < -0.39 is 5.41 Å². The Bertz CT molecular complexity index is 449. The molecule has 0 fully saturated rings. The van der Waals surface area contributed by atoms with E-state index in [2.05, 4.69) is 26.0 Å². The van der Waals surface area contributed by atoms with Crippen LogP contribution >= 0.6 is 0 Å². The lowest BCUT2D eigenvalue weighted by atomic mass is 9.75. The molecule has 0 spiro atoms. The standard InChI is InChI=1S/C14H16N2/c1-11(2)8-14(3,10-16)13-7-5-4-6-12(13)9-15/h4-7,11H,8H2,1-3H3/t14-/m1/s1. The minimum Gasteiger partial charge on any atom is -0.197 e. The van der Waals surface area contributed by atoms with Crippen LogP contribution in [0.1, 0.15) is 38.3 Å². The predicted octanol–water partition coefficient (Wildman–Crippen LogP) is 3.39. The molecular weight excluding hydrogens is 196 g/mol. The van der Waals surface area contributed by atoms with E-state index in [4.69, 9.17) is 5.26 Å². The number of hydrogen-bond acceptors (Lipinski definition) is 2. The number of hydrogen-bond donors (Lipinski definition) is 0. The van der Waals surface area contributed by atoms with Crippen LogP contribution in [0.5, 0.6) is 0 Å². The van der Waals surface area contributed by atoms with E-state index in [1.54, 1.807) is 6.07 Å². The molecule has 1 aromatic rings. The fraction of sp³-hybridized carbons (Fsp3) is 0.429. The molecular formula is C14H16N2. The predicted molar refractivity (Wildman–Crippen MR) is 63.6 cm³/mol. The summed E-state index contributed by atoms with van der Waals surface area (Å²) in [6, 6.07) is 11.9. The zero-order valence-corrected chi connectivity index (χ0v) is 9.99. The highest BCUT2D eigenvalue weighted by atomic mass is 14.4. The lowest BCUT2D eigenvalue weighted by molar-refractivity contribution is 0.448. The van der Waals surface area contributed by atoms with Crippen LogP contribution in [-0.4, -0.2) is 0 Å². The van der Waals surface area contributed by atoms with Crippen LogP contribution in [0, 0.1) is 28.6 Å². The molecule has 0 radical (unpaired) electrons. The average Bonchev–Trinajstić information content (AvgIpc) is 2.28. The molecule has 0 aliphatic carbocycles. The van der Waals surface area contributed by atoms with Crippen molar-refractivity contribution in [2.75, 3.05) is 0 Å². The van der Waals surface area contributed by atoms with Gasteiger partial charge in [0.25, 0.3) is 0 Å². The van der Waals surface area contributed by atoms with E-state index >= 15 is 0 Å². The topological polar surface area (TPSA) is 47.6 Å². The molecule has 0 bridgehead atoms. The zero-order chi connectivity index (χ0) is 12.2. The van der Waals surface area contributed by atoms with E-state index in [9.17, 15) is 5.26 Å². The van der Waals surface area contributed by atoms with Crippen molar-refractivity contribution in [2.45, 2.75) is 32.6 Å². The van der Waals surface area contributed by atoms with Crippen molar-refractivity contribution >= 4 is 0 Å². The maximum absolute atomic E-state index is 9.35. The molecule has 2 nitrogen and oxygen atoms in total. The van der Waals surface area contributed by atoms with Crippen LogP contribution in [0.25, 0.3) is 0 Å². The number of benzene rings is 1. The molecule has 0 amide bonds. The SMILES string of the molecule is CC(C)C[C@](C)(C#N)c1ccccc1C#N. The van der Waals surface area contributed by atoms with Gasteiger partial charge in [0.1, 0.15) is 0 Å². The first-order valence-electron chi connectivity index (χ1n) is 5.44. The lowest BCUT2D eigenvalue weighted by Crippen LogP contribution is -2.23. The summed E-state index contributed by atoms with van der Waals surface area (Å²) in [7, 11) is 0. The van der Waals surface area contributed by atoms with E-state index in [0.29, 0.717) is 11.5 Å². The van der Waals surface area contributed by atoms with Gasteiger partial charge in [-0.3, -0.25) is 0 Å². The Hall–Kier alpha value is -1.80. The molecule has 1 aromatic carbocycles. The second kappa shape index (κ2) is 4.81. The summed E-state index contributed by atoms with van der Waals surface area (Å²) in [5, 5.41) is 18.4. The highest BCUT2D eigenvalue weighted by Crippen LogP contribution is 2.32. The molecule has 0 N–H and O–H groups in total. The summed E-state index contributed by atoms with van der Waals surface area (Å²) in [5.41, 5.74) is 0.876. The van der Waals surface area contributed by atoms with E-state index in [-0.39, 0.29) is 0 Å². The summed E-state index contributed by atoms with van der Waals surface area (Å²) in [6.07, 6.45) is 0.766. The Morgan fingerprint density at radius 2 is 1.88 bits per heavy atom. The van der Waals surface area contributed by atoms with Crippen molar-refractivity contribution in [2.24, 2.45) is 5.92 Å². The first-order valence-corrected chi connectivity index (χ1v) is 5.44. The molecule has 0 aromatic heterocycles. The number of nitrogens with zero attached hydrogens (tertiary/aromatic N) is 2. The molecule has 0 saturated carbocycles. The van der Waals surface area contributed by atoms with Crippen molar-refractivity contribution in [1.82, 2.24) is 0 Å². The van der Waals surface area contributed by atoms with Gasteiger partial charge in [-0.2, -0.15) is 10.5 Å². The Morgan fingerprint density at radius 1 is 1.25 bits per heavy atom. The smallest absolute Gasteiger partial charge is 0.0995 e. The Morgan fingerprint density at radius 3 is 2.38 bits per heavy atom. The van der Waals surface area contributed by atoms with Gasteiger partial charge in [0.15, 0.2) is 0 Å². The quantitative estimate of drug-likeness (QED) is 0.771. The normalized spacial score (nSPS) is 13.9. The van der Waals surface area contributed by atoms with Gasteiger partial charge in [-0.05, 0) is 30.9 Å². The molecule has 0 aliphatic heterocycles. The third-order valence-electron chi connectivity index (χ3n) is 2.71. The summed E-state index contributed by atoms with van der Waals surface area (Å²) in [5.74, 6) is 0.427. The van der Waals surface area contributed by atoms with Crippen LogP contribution in [0.15, 0.2) is 24.3 Å². The monoisotopic (exact) mass is 212 g/mol. The summed E-state index contributed by atoms with van der Waals surface area (Å²) in [4.78, 5) is 0. The van der Waals surface area contributed by atoms with Gasteiger partial charge in [0, 0.05) is 0 Å². The Kier molecular flexibility index (Phi) is 3.69. The minimum atomic E-state index is -0.569. The minimum absolute atomic E-state index is 0.427. The van der Waals surface area contributed by atoms with Gasteiger partial charge in [0.05, 0.1) is 23.1 Å². The molecule has 1 rings (SSSR count). The van der Waals surface area contributed by atoms with Crippen molar-refractivity contribution in [3.8, 4) is 12.1 Å². The first-order chi connectivity index (χ1) is 7.53. The van der Waals surface area contributed by atoms with Gasteiger partial charge < -0.3 is 0 Å². The molecule has 0 aliphatic rings. The summed E-state index contributed by atoms with van der Waals surface area (Å²) in [6.45, 7) is 6.08. The number of rotatable bonds is 3. The number of nitriles is 2. The maximum Gasteiger partial charge on any atom is 0.0995 e. The van der Waals surface area contributed by atoms with E-state index in [0.717, 1.165) is 12.0 Å². The molecule has 0 heterocycles. The van der Waals surface area contributed by atoms with Gasteiger partial charge >= 0.3 is 0 Å². The second-order valence-corrected chi connectivity index (χ2v) is 4.70.